The molecule has 1 aromatic rings. The Hall–Kier alpha value is -1.84. The standard InChI is InChI=1S/C10H13N3O/c11-10(12)13-7-9-3-1-2-8(6-9)4-5-14/h1-3,5-6H,4,7H2,(H4,11,12,13). The molecule has 0 saturated carbocycles. The van der Waals surface area contributed by atoms with Gasteiger partial charge in [-0.05, 0) is 11.1 Å². The van der Waals surface area contributed by atoms with E-state index in [1.807, 2.05) is 24.3 Å². The van der Waals surface area contributed by atoms with Crippen LogP contribution in [0.15, 0.2) is 29.3 Å². The zero-order chi connectivity index (χ0) is 10.4. The lowest BCUT2D eigenvalue weighted by molar-refractivity contribution is -0.107. The first kappa shape index (κ1) is 10.2. The third-order valence-corrected chi connectivity index (χ3v) is 1.75. The monoisotopic (exact) mass is 191 g/mol. The van der Waals surface area contributed by atoms with Gasteiger partial charge in [-0.25, -0.2) is 4.99 Å². The summed E-state index contributed by atoms with van der Waals surface area (Å²) in [5.41, 5.74) is 12.4. The van der Waals surface area contributed by atoms with Crippen molar-refractivity contribution in [2.24, 2.45) is 16.5 Å². The van der Waals surface area contributed by atoms with Gasteiger partial charge in [0.1, 0.15) is 6.29 Å². The molecule has 4 nitrogen and oxygen atoms in total. The molecule has 14 heavy (non-hydrogen) atoms. The predicted molar refractivity (Wildman–Crippen MR) is 55.7 cm³/mol. The lowest BCUT2D eigenvalue weighted by atomic mass is 10.1. The zero-order valence-corrected chi connectivity index (χ0v) is 7.81. The molecule has 0 saturated heterocycles. The highest BCUT2D eigenvalue weighted by molar-refractivity contribution is 5.75. The van der Waals surface area contributed by atoms with Crippen molar-refractivity contribution in [3.63, 3.8) is 0 Å². The quantitative estimate of drug-likeness (QED) is 0.405. The van der Waals surface area contributed by atoms with Gasteiger partial charge in [0.15, 0.2) is 5.96 Å². The van der Waals surface area contributed by atoms with E-state index in [1.165, 1.54) is 0 Å². The Labute approximate surface area is 82.6 Å². The number of guanidine groups is 1. The van der Waals surface area contributed by atoms with Crippen LogP contribution in [0.1, 0.15) is 11.1 Å². The molecule has 0 bridgehead atoms. The maximum Gasteiger partial charge on any atom is 0.186 e. The van der Waals surface area contributed by atoms with Crippen molar-refractivity contribution in [1.82, 2.24) is 0 Å². The van der Waals surface area contributed by atoms with E-state index < -0.39 is 0 Å². The summed E-state index contributed by atoms with van der Waals surface area (Å²) >= 11 is 0. The van der Waals surface area contributed by atoms with Crippen LogP contribution in [0.25, 0.3) is 0 Å². The fourth-order valence-corrected chi connectivity index (χ4v) is 1.13. The van der Waals surface area contributed by atoms with Crippen LogP contribution in [0.2, 0.25) is 0 Å². The number of nitrogens with two attached hydrogens (primary N) is 2. The summed E-state index contributed by atoms with van der Waals surface area (Å²) in [5, 5.41) is 0. The van der Waals surface area contributed by atoms with Gasteiger partial charge in [0.2, 0.25) is 0 Å². The average Bonchev–Trinajstić information content (AvgIpc) is 2.16. The third kappa shape index (κ3) is 3.26. The number of carbonyl (C=O) groups is 1. The Morgan fingerprint density at radius 1 is 1.36 bits per heavy atom. The number of carbonyl (C=O) groups excluding carboxylic acids is 1. The second kappa shape index (κ2) is 5.01. The number of nitrogens with zero attached hydrogens (tertiary/aromatic N) is 1. The molecule has 0 aromatic heterocycles. The van der Waals surface area contributed by atoms with Crippen molar-refractivity contribution in [2.75, 3.05) is 0 Å². The summed E-state index contributed by atoms with van der Waals surface area (Å²) in [6, 6.07) is 7.62. The number of hydrogen-bond donors (Lipinski definition) is 2. The maximum absolute atomic E-state index is 10.3. The molecule has 4 heteroatoms. The summed E-state index contributed by atoms with van der Waals surface area (Å²) in [5.74, 6) is 0.0748. The first-order valence-electron chi connectivity index (χ1n) is 4.29. The Morgan fingerprint density at radius 3 is 2.71 bits per heavy atom. The van der Waals surface area contributed by atoms with Crippen LogP contribution < -0.4 is 11.5 Å². The highest BCUT2D eigenvalue weighted by Crippen LogP contribution is 2.06. The van der Waals surface area contributed by atoms with E-state index in [0.717, 1.165) is 17.4 Å². The van der Waals surface area contributed by atoms with Gasteiger partial charge in [-0.2, -0.15) is 0 Å². The van der Waals surface area contributed by atoms with Crippen LogP contribution in [0.4, 0.5) is 0 Å². The molecular weight excluding hydrogens is 178 g/mol. The normalized spacial score (nSPS) is 9.43. The SMILES string of the molecule is NC(N)=NCc1cccc(CC=O)c1. The van der Waals surface area contributed by atoms with Gasteiger partial charge < -0.3 is 16.3 Å². The zero-order valence-electron chi connectivity index (χ0n) is 7.81. The number of aldehydes is 1. The third-order valence-electron chi connectivity index (χ3n) is 1.75. The first-order valence-corrected chi connectivity index (χ1v) is 4.29. The molecular formula is C10H13N3O. The van der Waals surface area contributed by atoms with Crippen LogP contribution in [0.3, 0.4) is 0 Å². The van der Waals surface area contributed by atoms with E-state index in [2.05, 4.69) is 4.99 Å². The second-order valence-electron chi connectivity index (χ2n) is 2.93. The highest BCUT2D eigenvalue weighted by atomic mass is 16.1. The van der Waals surface area contributed by atoms with Crippen LogP contribution in [0, 0.1) is 0 Å². The van der Waals surface area contributed by atoms with E-state index in [9.17, 15) is 4.79 Å². The smallest absolute Gasteiger partial charge is 0.186 e. The van der Waals surface area contributed by atoms with Crippen molar-refractivity contribution < 1.29 is 4.79 Å². The summed E-state index contributed by atoms with van der Waals surface area (Å²) in [7, 11) is 0. The molecule has 4 N–H and O–H groups in total. The molecule has 0 heterocycles. The Morgan fingerprint density at radius 2 is 2.07 bits per heavy atom. The molecule has 74 valence electrons. The molecule has 0 aliphatic heterocycles. The highest BCUT2D eigenvalue weighted by Gasteiger charge is 1.94. The van der Waals surface area contributed by atoms with E-state index in [0.29, 0.717) is 13.0 Å². The maximum atomic E-state index is 10.3. The lowest BCUT2D eigenvalue weighted by Gasteiger charge is -2.00. The number of aliphatic imine (C=N–C) groups is 1. The second-order valence-corrected chi connectivity index (χ2v) is 2.93. The topological polar surface area (TPSA) is 81.5 Å². The lowest BCUT2D eigenvalue weighted by Crippen LogP contribution is -2.22. The summed E-state index contributed by atoms with van der Waals surface area (Å²) in [4.78, 5) is 14.2. The number of hydrogen-bond acceptors (Lipinski definition) is 2. The van der Waals surface area contributed by atoms with Gasteiger partial charge >= 0.3 is 0 Å². The van der Waals surface area contributed by atoms with Gasteiger partial charge in [0.25, 0.3) is 0 Å². The largest absolute Gasteiger partial charge is 0.370 e. The van der Waals surface area contributed by atoms with Gasteiger partial charge in [-0.15, -0.1) is 0 Å². The Kier molecular flexibility index (Phi) is 3.67. The molecule has 0 atom stereocenters. The molecule has 1 rings (SSSR count). The van der Waals surface area contributed by atoms with Gasteiger partial charge in [0.05, 0.1) is 6.54 Å². The number of benzene rings is 1. The summed E-state index contributed by atoms with van der Waals surface area (Å²) in [6.45, 7) is 0.453. The molecule has 0 aliphatic rings. The molecule has 1 aromatic carbocycles. The van der Waals surface area contributed by atoms with Crippen LogP contribution in [0.5, 0.6) is 0 Å². The van der Waals surface area contributed by atoms with E-state index in [-0.39, 0.29) is 5.96 Å². The van der Waals surface area contributed by atoms with Gasteiger partial charge in [0, 0.05) is 6.42 Å². The van der Waals surface area contributed by atoms with Crippen LogP contribution >= 0.6 is 0 Å². The van der Waals surface area contributed by atoms with Crippen molar-refractivity contribution in [2.45, 2.75) is 13.0 Å². The predicted octanol–water partition coefficient (Wildman–Crippen LogP) is 0.201. The Balaban J connectivity index is 2.73. The summed E-state index contributed by atoms with van der Waals surface area (Å²) < 4.78 is 0. The minimum absolute atomic E-state index is 0.0748. The average molecular weight is 191 g/mol. The fourth-order valence-electron chi connectivity index (χ4n) is 1.13. The first-order chi connectivity index (χ1) is 6.72. The molecule has 0 radical (unpaired) electrons. The van der Waals surface area contributed by atoms with Crippen molar-refractivity contribution in [3.8, 4) is 0 Å². The summed E-state index contributed by atoms with van der Waals surface area (Å²) in [6.07, 6.45) is 1.30. The van der Waals surface area contributed by atoms with E-state index in [1.54, 1.807) is 0 Å². The fraction of sp³-hybridized carbons (Fsp3) is 0.200. The molecule has 0 spiro atoms. The van der Waals surface area contributed by atoms with Crippen molar-refractivity contribution in [3.05, 3.63) is 35.4 Å². The van der Waals surface area contributed by atoms with E-state index >= 15 is 0 Å². The number of rotatable bonds is 4. The molecule has 0 fully saturated rings. The van der Waals surface area contributed by atoms with Crippen molar-refractivity contribution >= 4 is 12.2 Å². The van der Waals surface area contributed by atoms with Gasteiger partial charge in [-0.1, -0.05) is 24.3 Å². The van der Waals surface area contributed by atoms with Crippen LogP contribution in [-0.2, 0) is 17.8 Å². The van der Waals surface area contributed by atoms with Crippen LogP contribution in [-0.4, -0.2) is 12.2 Å². The molecule has 0 amide bonds. The molecule has 0 unspecified atom stereocenters. The van der Waals surface area contributed by atoms with Crippen molar-refractivity contribution in [1.29, 1.82) is 0 Å². The van der Waals surface area contributed by atoms with E-state index in [4.69, 9.17) is 11.5 Å². The molecule has 0 aliphatic carbocycles. The van der Waals surface area contributed by atoms with Gasteiger partial charge in [-0.3, -0.25) is 0 Å². The minimum Gasteiger partial charge on any atom is -0.370 e. The minimum atomic E-state index is 0.0748. The Bertz CT molecular complexity index is 343.